The van der Waals surface area contributed by atoms with E-state index in [-0.39, 0.29) is 29.9 Å². The summed E-state index contributed by atoms with van der Waals surface area (Å²) in [4.78, 5) is 15.4. The lowest BCUT2D eigenvalue weighted by atomic mass is 9.83. The first kappa shape index (κ1) is 23.5. The van der Waals surface area contributed by atoms with Crippen molar-refractivity contribution in [2.75, 3.05) is 32.1 Å². The number of carbonyl (C=O) groups excluding carboxylic acids is 1. The molecule has 0 spiro atoms. The number of hydrogen-bond donors (Lipinski definition) is 3. The number of nitrogens with one attached hydrogen (secondary N) is 3. The van der Waals surface area contributed by atoms with Gasteiger partial charge in [0.2, 0.25) is 5.91 Å². The van der Waals surface area contributed by atoms with Gasteiger partial charge < -0.3 is 20.7 Å². The number of nitrogens with zero attached hydrogens (tertiary/aromatic N) is 1. The molecule has 0 radical (unpaired) electrons. The normalized spacial score (nSPS) is 15.6. The highest BCUT2D eigenvalue weighted by atomic mass is 127. The second-order valence-electron chi connectivity index (χ2n) is 6.97. The third-order valence-electron chi connectivity index (χ3n) is 5.09. The van der Waals surface area contributed by atoms with Gasteiger partial charge in [-0.3, -0.25) is 9.79 Å². The molecule has 1 aliphatic rings. The minimum Gasteiger partial charge on any atom is -0.492 e. The molecule has 1 aliphatic carbocycles. The van der Waals surface area contributed by atoms with Gasteiger partial charge in [-0.25, -0.2) is 0 Å². The molecular formula is C20H33IN4O2. The van der Waals surface area contributed by atoms with Crippen molar-refractivity contribution in [1.82, 2.24) is 10.6 Å². The van der Waals surface area contributed by atoms with E-state index >= 15 is 0 Å². The van der Waals surface area contributed by atoms with Crippen LogP contribution in [0.4, 0.5) is 5.69 Å². The van der Waals surface area contributed by atoms with E-state index in [2.05, 4.69) is 27.9 Å². The summed E-state index contributed by atoms with van der Waals surface area (Å²) in [7, 11) is 1.79. The summed E-state index contributed by atoms with van der Waals surface area (Å²) in [6.45, 7) is 5.92. The fraction of sp³-hybridized carbons (Fsp3) is 0.600. The molecule has 152 valence electrons. The van der Waals surface area contributed by atoms with Crippen LogP contribution in [0, 0.1) is 5.41 Å². The van der Waals surface area contributed by atoms with E-state index in [4.69, 9.17) is 4.74 Å². The number of ether oxygens (including phenoxy) is 1. The zero-order chi connectivity index (χ0) is 18.8. The number of benzene rings is 1. The molecule has 1 aromatic rings. The Kier molecular flexibility index (Phi) is 10.5. The van der Waals surface area contributed by atoms with Crippen molar-refractivity contribution in [1.29, 1.82) is 0 Å². The maximum Gasteiger partial charge on any atom is 0.221 e. The predicted octanol–water partition coefficient (Wildman–Crippen LogP) is 3.78. The molecule has 1 saturated carbocycles. The number of hydrogen-bond acceptors (Lipinski definition) is 3. The first-order valence-corrected chi connectivity index (χ1v) is 9.52. The predicted molar refractivity (Wildman–Crippen MR) is 122 cm³/mol. The Morgan fingerprint density at radius 3 is 2.63 bits per heavy atom. The molecule has 27 heavy (non-hydrogen) atoms. The van der Waals surface area contributed by atoms with E-state index in [1.165, 1.54) is 39.0 Å². The molecule has 2 rings (SSSR count). The average Bonchev–Trinajstić information content (AvgIpc) is 3.10. The van der Waals surface area contributed by atoms with Crippen LogP contribution in [0.3, 0.4) is 0 Å². The third kappa shape index (κ3) is 7.94. The smallest absolute Gasteiger partial charge is 0.221 e. The second kappa shape index (κ2) is 12.0. The van der Waals surface area contributed by atoms with Crippen LogP contribution in [0.1, 0.15) is 46.0 Å². The van der Waals surface area contributed by atoms with E-state index in [0.717, 1.165) is 23.9 Å². The van der Waals surface area contributed by atoms with Crippen molar-refractivity contribution < 1.29 is 9.53 Å². The summed E-state index contributed by atoms with van der Waals surface area (Å²) in [6.07, 6.45) is 6.51. The summed E-state index contributed by atoms with van der Waals surface area (Å²) >= 11 is 0. The highest BCUT2D eigenvalue weighted by molar-refractivity contribution is 14.0. The van der Waals surface area contributed by atoms with Gasteiger partial charge in [-0.2, -0.15) is 0 Å². The molecule has 0 aromatic heterocycles. The van der Waals surface area contributed by atoms with Gasteiger partial charge in [0, 0.05) is 32.3 Å². The first-order chi connectivity index (χ1) is 12.6. The number of halogens is 1. The fourth-order valence-electron chi connectivity index (χ4n) is 3.48. The van der Waals surface area contributed by atoms with Crippen molar-refractivity contribution >= 4 is 41.5 Å². The summed E-state index contributed by atoms with van der Waals surface area (Å²) in [6, 6.07) is 7.40. The van der Waals surface area contributed by atoms with Crippen molar-refractivity contribution in [3.8, 4) is 5.75 Å². The lowest BCUT2D eigenvalue weighted by Crippen LogP contribution is -2.44. The van der Waals surface area contributed by atoms with E-state index in [9.17, 15) is 4.79 Å². The highest BCUT2D eigenvalue weighted by Crippen LogP contribution is 2.40. The fourth-order valence-corrected chi connectivity index (χ4v) is 3.48. The zero-order valence-corrected chi connectivity index (χ0v) is 19.0. The number of guanidine groups is 1. The van der Waals surface area contributed by atoms with Crippen LogP contribution < -0.4 is 20.7 Å². The standard InChI is InChI=1S/C20H32N4O2.HI/c1-4-20(10-5-6-11-20)15-23-19(21-3)22-12-13-26-18-9-7-8-17(14-18)24-16(2)25;/h7-9,14H,4-6,10-13,15H2,1-3H3,(H,24,25)(H2,21,22,23);1H. The van der Waals surface area contributed by atoms with Gasteiger partial charge in [-0.05, 0) is 36.8 Å². The van der Waals surface area contributed by atoms with Gasteiger partial charge in [-0.1, -0.05) is 25.8 Å². The minimum absolute atomic E-state index is 0. The molecule has 7 heteroatoms. The van der Waals surface area contributed by atoms with E-state index in [1.54, 1.807) is 7.05 Å². The number of rotatable bonds is 8. The highest BCUT2D eigenvalue weighted by Gasteiger charge is 2.31. The van der Waals surface area contributed by atoms with Crippen molar-refractivity contribution in [2.45, 2.75) is 46.0 Å². The summed E-state index contributed by atoms with van der Waals surface area (Å²) < 4.78 is 5.75. The van der Waals surface area contributed by atoms with Crippen LogP contribution >= 0.6 is 24.0 Å². The quantitative estimate of drug-likeness (QED) is 0.225. The maximum atomic E-state index is 11.1. The Balaban J connectivity index is 0.00000364. The number of anilines is 1. The van der Waals surface area contributed by atoms with Crippen LogP contribution in [0.15, 0.2) is 29.3 Å². The lowest BCUT2D eigenvalue weighted by Gasteiger charge is -2.28. The summed E-state index contributed by atoms with van der Waals surface area (Å²) in [5.41, 5.74) is 1.17. The Labute approximate surface area is 179 Å². The molecule has 6 nitrogen and oxygen atoms in total. The topological polar surface area (TPSA) is 74.8 Å². The summed E-state index contributed by atoms with van der Waals surface area (Å²) in [5, 5.41) is 9.52. The zero-order valence-electron chi connectivity index (χ0n) is 16.6. The molecule has 0 unspecified atom stereocenters. The Morgan fingerprint density at radius 2 is 2.00 bits per heavy atom. The molecule has 1 aromatic carbocycles. The largest absolute Gasteiger partial charge is 0.492 e. The van der Waals surface area contributed by atoms with Gasteiger partial charge >= 0.3 is 0 Å². The Morgan fingerprint density at radius 1 is 1.26 bits per heavy atom. The molecule has 0 bridgehead atoms. The minimum atomic E-state index is -0.0918. The van der Waals surface area contributed by atoms with Crippen molar-refractivity contribution in [2.24, 2.45) is 10.4 Å². The van der Waals surface area contributed by atoms with Crippen molar-refractivity contribution in [3.63, 3.8) is 0 Å². The monoisotopic (exact) mass is 488 g/mol. The van der Waals surface area contributed by atoms with Gasteiger partial charge in [0.25, 0.3) is 0 Å². The molecule has 3 N–H and O–H groups in total. The third-order valence-corrected chi connectivity index (χ3v) is 5.09. The lowest BCUT2D eigenvalue weighted by molar-refractivity contribution is -0.114. The Bertz CT molecular complexity index is 616. The number of amides is 1. The maximum absolute atomic E-state index is 11.1. The molecule has 1 fully saturated rings. The van der Waals surface area contributed by atoms with Gasteiger partial charge in [0.1, 0.15) is 12.4 Å². The SMILES string of the molecule is CCC1(CNC(=NC)NCCOc2cccc(NC(C)=O)c2)CCCC1.I. The second-order valence-corrected chi connectivity index (χ2v) is 6.97. The number of aliphatic imine (C=N–C) groups is 1. The molecule has 1 amide bonds. The van der Waals surface area contributed by atoms with E-state index in [1.807, 2.05) is 24.3 Å². The van der Waals surface area contributed by atoms with Crippen LogP contribution in [0.5, 0.6) is 5.75 Å². The average molecular weight is 488 g/mol. The van der Waals surface area contributed by atoms with Crippen LogP contribution in [0.2, 0.25) is 0 Å². The number of carbonyl (C=O) groups is 1. The molecule has 0 saturated heterocycles. The molecule has 0 atom stereocenters. The molecule has 0 aliphatic heterocycles. The molecular weight excluding hydrogens is 455 g/mol. The summed E-state index contributed by atoms with van der Waals surface area (Å²) in [5.74, 6) is 1.46. The van der Waals surface area contributed by atoms with E-state index in [0.29, 0.717) is 18.6 Å². The molecule has 0 heterocycles. The van der Waals surface area contributed by atoms with Gasteiger partial charge in [-0.15, -0.1) is 24.0 Å². The van der Waals surface area contributed by atoms with Crippen LogP contribution in [0.25, 0.3) is 0 Å². The Hall–Kier alpha value is -1.51. The first-order valence-electron chi connectivity index (χ1n) is 9.52. The van der Waals surface area contributed by atoms with E-state index < -0.39 is 0 Å². The van der Waals surface area contributed by atoms with Gasteiger partial charge in [0.15, 0.2) is 5.96 Å². The van der Waals surface area contributed by atoms with Crippen LogP contribution in [-0.2, 0) is 4.79 Å². The van der Waals surface area contributed by atoms with Crippen LogP contribution in [-0.4, -0.2) is 38.6 Å². The van der Waals surface area contributed by atoms with Gasteiger partial charge in [0.05, 0.1) is 6.54 Å². The van der Waals surface area contributed by atoms with Crippen molar-refractivity contribution in [3.05, 3.63) is 24.3 Å².